The van der Waals surface area contributed by atoms with Crippen LogP contribution in [0.3, 0.4) is 0 Å². The first-order chi connectivity index (χ1) is 8.56. The first kappa shape index (κ1) is 12.2. The molecule has 18 heavy (non-hydrogen) atoms. The Kier molecular flexibility index (Phi) is 3.32. The van der Waals surface area contributed by atoms with Gasteiger partial charge in [-0.1, -0.05) is 0 Å². The van der Waals surface area contributed by atoms with Crippen LogP contribution in [0.25, 0.3) is 0 Å². The summed E-state index contributed by atoms with van der Waals surface area (Å²) in [7, 11) is 0. The molecule has 0 unspecified atom stereocenters. The third-order valence-corrected chi connectivity index (χ3v) is 2.43. The number of aromatic nitrogens is 1. The maximum Gasteiger partial charge on any atom is 0.185 e. The van der Waals surface area contributed by atoms with Gasteiger partial charge in [-0.05, 0) is 35.9 Å². The van der Waals surface area contributed by atoms with E-state index >= 15 is 0 Å². The van der Waals surface area contributed by atoms with E-state index < -0.39 is 11.6 Å². The van der Waals surface area contributed by atoms with Crippen molar-refractivity contribution in [3.63, 3.8) is 0 Å². The molecule has 3 nitrogen and oxygen atoms in total. The number of Topliss-reactive ketones (excluding diaryl/α,β-unsaturated/α-hetero) is 1. The Balaban J connectivity index is 2.21. The predicted octanol–water partition coefficient (Wildman–Crippen LogP) is 2.37. The van der Waals surface area contributed by atoms with Crippen molar-refractivity contribution in [2.75, 3.05) is 5.73 Å². The van der Waals surface area contributed by atoms with Crippen LogP contribution >= 0.6 is 0 Å². The fourth-order valence-electron chi connectivity index (χ4n) is 1.51. The van der Waals surface area contributed by atoms with Crippen molar-refractivity contribution in [3.05, 3.63) is 59.4 Å². The number of hydrogen-bond donors (Lipinski definition) is 1. The number of ketones is 1. The molecule has 0 aliphatic carbocycles. The monoisotopic (exact) mass is 248 g/mol. The van der Waals surface area contributed by atoms with Gasteiger partial charge < -0.3 is 5.73 Å². The first-order valence-electron chi connectivity index (χ1n) is 5.25. The van der Waals surface area contributed by atoms with E-state index in [2.05, 4.69) is 4.98 Å². The Hall–Kier alpha value is -2.30. The summed E-state index contributed by atoms with van der Waals surface area (Å²) in [5.74, 6) is -1.58. The number of pyridine rings is 1. The summed E-state index contributed by atoms with van der Waals surface area (Å²) in [4.78, 5) is 15.6. The molecule has 0 aliphatic rings. The van der Waals surface area contributed by atoms with Gasteiger partial charge in [-0.2, -0.15) is 0 Å². The summed E-state index contributed by atoms with van der Waals surface area (Å²) in [5.41, 5.74) is 6.06. The highest BCUT2D eigenvalue weighted by atomic mass is 19.1. The summed E-state index contributed by atoms with van der Waals surface area (Å²) in [6.45, 7) is 0. The van der Waals surface area contributed by atoms with Gasteiger partial charge >= 0.3 is 0 Å². The van der Waals surface area contributed by atoms with Crippen molar-refractivity contribution >= 4 is 11.5 Å². The predicted molar refractivity (Wildman–Crippen MR) is 63.0 cm³/mol. The molecule has 0 bridgehead atoms. The van der Waals surface area contributed by atoms with E-state index in [0.717, 1.165) is 18.2 Å². The average Bonchev–Trinajstić information content (AvgIpc) is 2.34. The topological polar surface area (TPSA) is 56.0 Å². The number of nitrogens with zero attached hydrogens (tertiary/aromatic N) is 1. The number of benzene rings is 1. The number of nitrogen functional groups attached to an aromatic ring is 1. The van der Waals surface area contributed by atoms with Crippen molar-refractivity contribution in [3.8, 4) is 0 Å². The smallest absolute Gasteiger partial charge is 0.185 e. The first-order valence-corrected chi connectivity index (χ1v) is 5.25. The summed E-state index contributed by atoms with van der Waals surface area (Å²) in [5, 5.41) is 0. The van der Waals surface area contributed by atoms with Gasteiger partial charge in [0, 0.05) is 6.42 Å². The number of nitrogens with two attached hydrogens (primary N) is 1. The maximum atomic E-state index is 13.4. The highest BCUT2D eigenvalue weighted by molar-refractivity contribution is 5.95. The largest absolute Gasteiger partial charge is 0.397 e. The van der Waals surface area contributed by atoms with Crippen LogP contribution in [-0.2, 0) is 6.42 Å². The van der Waals surface area contributed by atoms with Crippen LogP contribution in [0.2, 0.25) is 0 Å². The summed E-state index contributed by atoms with van der Waals surface area (Å²) < 4.78 is 26.3. The number of hydrogen-bond acceptors (Lipinski definition) is 3. The van der Waals surface area contributed by atoms with Gasteiger partial charge in [-0.3, -0.25) is 9.78 Å². The molecular formula is C13H10F2N2O. The molecule has 2 aromatic rings. The van der Waals surface area contributed by atoms with Crippen LogP contribution in [0, 0.1) is 11.6 Å². The average molecular weight is 248 g/mol. The maximum absolute atomic E-state index is 13.4. The van der Waals surface area contributed by atoms with Crippen LogP contribution in [0.1, 0.15) is 16.1 Å². The molecule has 0 saturated heterocycles. The zero-order chi connectivity index (χ0) is 13.1. The Morgan fingerprint density at radius 3 is 2.67 bits per heavy atom. The van der Waals surface area contributed by atoms with Crippen LogP contribution in [0.5, 0.6) is 0 Å². The zero-order valence-electron chi connectivity index (χ0n) is 9.36. The second kappa shape index (κ2) is 4.91. The molecule has 2 rings (SSSR count). The molecule has 2 N–H and O–H groups in total. The lowest BCUT2D eigenvalue weighted by atomic mass is 10.1. The molecule has 0 atom stereocenters. The Morgan fingerprint density at radius 1 is 1.22 bits per heavy atom. The normalized spacial score (nSPS) is 10.3. The van der Waals surface area contributed by atoms with Crippen molar-refractivity contribution in [1.29, 1.82) is 0 Å². The van der Waals surface area contributed by atoms with Gasteiger partial charge in [0.1, 0.15) is 17.3 Å². The van der Waals surface area contributed by atoms with Crippen molar-refractivity contribution < 1.29 is 13.6 Å². The molecule has 5 heteroatoms. The zero-order valence-corrected chi connectivity index (χ0v) is 9.36. The third kappa shape index (κ3) is 2.68. The molecule has 0 saturated carbocycles. The minimum atomic E-state index is -0.611. The van der Waals surface area contributed by atoms with E-state index in [-0.39, 0.29) is 23.5 Å². The lowest BCUT2D eigenvalue weighted by Gasteiger charge is -2.03. The minimum Gasteiger partial charge on any atom is -0.397 e. The molecule has 92 valence electrons. The van der Waals surface area contributed by atoms with Gasteiger partial charge in [0.25, 0.3) is 0 Å². The third-order valence-electron chi connectivity index (χ3n) is 2.43. The van der Waals surface area contributed by atoms with Gasteiger partial charge in [0.2, 0.25) is 0 Å². The highest BCUT2D eigenvalue weighted by Gasteiger charge is 2.12. The fraction of sp³-hybridized carbons (Fsp3) is 0.0769. The molecule has 0 radical (unpaired) electrons. The number of anilines is 1. The van der Waals surface area contributed by atoms with Gasteiger partial charge in [-0.15, -0.1) is 0 Å². The molecule has 1 aromatic heterocycles. The van der Waals surface area contributed by atoms with E-state index in [0.29, 0.717) is 5.69 Å². The lowest BCUT2D eigenvalue weighted by Crippen LogP contribution is -2.07. The van der Waals surface area contributed by atoms with E-state index in [1.165, 1.54) is 18.3 Å². The standard InChI is InChI=1S/C13H10F2N2O/c14-9-1-3-11(15)8(5-9)6-13(18)12-4-2-10(16)7-17-12/h1-5,7H,6,16H2. The van der Waals surface area contributed by atoms with Crippen molar-refractivity contribution in [2.45, 2.75) is 6.42 Å². The second-order valence-electron chi connectivity index (χ2n) is 3.81. The number of rotatable bonds is 3. The summed E-state index contributed by atoms with van der Waals surface area (Å²) >= 11 is 0. The van der Waals surface area contributed by atoms with Gasteiger partial charge in [0.05, 0.1) is 11.9 Å². The van der Waals surface area contributed by atoms with Crippen LogP contribution in [-0.4, -0.2) is 10.8 Å². The van der Waals surface area contributed by atoms with Gasteiger partial charge in [-0.25, -0.2) is 8.78 Å². The number of carbonyl (C=O) groups is 1. The Labute approximate surface area is 102 Å². The molecular weight excluding hydrogens is 238 g/mol. The van der Waals surface area contributed by atoms with Gasteiger partial charge in [0.15, 0.2) is 5.78 Å². The molecule has 1 aromatic carbocycles. The van der Waals surface area contributed by atoms with Crippen LogP contribution in [0.15, 0.2) is 36.5 Å². The summed E-state index contributed by atoms with van der Waals surface area (Å²) in [6, 6.07) is 5.99. The summed E-state index contributed by atoms with van der Waals surface area (Å²) in [6.07, 6.45) is 1.11. The Morgan fingerprint density at radius 2 is 2.00 bits per heavy atom. The van der Waals surface area contributed by atoms with Crippen molar-refractivity contribution in [1.82, 2.24) is 4.98 Å². The second-order valence-corrected chi connectivity index (χ2v) is 3.81. The Bertz CT molecular complexity index is 582. The van der Waals surface area contributed by atoms with Crippen LogP contribution < -0.4 is 5.73 Å². The fourth-order valence-corrected chi connectivity index (χ4v) is 1.51. The van der Waals surface area contributed by atoms with E-state index in [4.69, 9.17) is 5.73 Å². The molecule has 0 spiro atoms. The van der Waals surface area contributed by atoms with E-state index in [9.17, 15) is 13.6 Å². The number of carbonyl (C=O) groups excluding carboxylic acids is 1. The highest BCUT2D eigenvalue weighted by Crippen LogP contribution is 2.13. The minimum absolute atomic E-state index is 0.0126. The molecule has 0 aliphatic heterocycles. The van der Waals surface area contributed by atoms with E-state index in [1.807, 2.05) is 0 Å². The quantitative estimate of drug-likeness (QED) is 0.848. The molecule has 0 amide bonds. The van der Waals surface area contributed by atoms with E-state index in [1.54, 1.807) is 0 Å². The SMILES string of the molecule is Nc1ccc(C(=O)Cc2cc(F)ccc2F)nc1. The number of halogens is 2. The van der Waals surface area contributed by atoms with Crippen molar-refractivity contribution in [2.24, 2.45) is 0 Å². The lowest BCUT2D eigenvalue weighted by molar-refractivity contribution is 0.0987. The van der Waals surface area contributed by atoms with Crippen LogP contribution in [0.4, 0.5) is 14.5 Å². The molecule has 1 heterocycles. The molecule has 0 fully saturated rings.